The van der Waals surface area contributed by atoms with Crippen LogP contribution in [0.2, 0.25) is 0 Å². The third kappa shape index (κ3) is 3.63. The average Bonchev–Trinajstić information content (AvgIpc) is 3.41. The largest absolute Gasteiger partial charge is 0.393 e. The van der Waals surface area contributed by atoms with E-state index in [1.165, 1.54) is 0 Å². The fraction of sp³-hybridized carbons (Fsp3) is 0.767. The highest BCUT2D eigenvalue weighted by Crippen LogP contribution is 2.68. The molecule has 5 nitrogen and oxygen atoms in total. The van der Waals surface area contributed by atoms with Gasteiger partial charge >= 0.3 is 0 Å². The third-order valence-corrected chi connectivity index (χ3v) is 11.8. The van der Waals surface area contributed by atoms with Gasteiger partial charge in [0, 0.05) is 6.42 Å². The standard InChI is InChI=1S/C30H44N2O3/c1-17(8-11-27-31-23-6-4-5-7-24(23)32-27)20-9-10-21-28-22(16-26(35)30(20,21)3)29(2)13-12-19(33)14-18(29)15-25(28)34/h4-7,17-22,25-26,28,33-35H,8-16H2,1-3H3,(H,31,32). The van der Waals surface area contributed by atoms with Crippen molar-refractivity contribution in [3.05, 3.63) is 30.1 Å². The highest BCUT2D eigenvalue weighted by Gasteiger charge is 2.65. The summed E-state index contributed by atoms with van der Waals surface area (Å²) in [6.45, 7) is 7.13. The van der Waals surface area contributed by atoms with Crippen LogP contribution in [-0.2, 0) is 6.42 Å². The Labute approximate surface area is 209 Å². The van der Waals surface area contributed by atoms with Gasteiger partial charge in [-0.05, 0) is 110 Å². The van der Waals surface area contributed by atoms with Crippen molar-refractivity contribution in [2.24, 2.45) is 46.3 Å². The van der Waals surface area contributed by atoms with Gasteiger partial charge < -0.3 is 20.3 Å². The molecule has 4 fully saturated rings. The summed E-state index contributed by atoms with van der Waals surface area (Å²) >= 11 is 0. The topological polar surface area (TPSA) is 89.4 Å². The molecule has 6 rings (SSSR count). The summed E-state index contributed by atoms with van der Waals surface area (Å²) in [7, 11) is 0. The minimum atomic E-state index is -0.315. The monoisotopic (exact) mass is 480 g/mol. The van der Waals surface area contributed by atoms with Crippen LogP contribution in [0.1, 0.15) is 78.0 Å². The van der Waals surface area contributed by atoms with Crippen LogP contribution in [0.4, 0.5) is 0 Å². The number of hydrogen-bond donors (Lipinski definition) is 4. The van der Waals surface area contributed by atoms with E-state index in [0.29, 0.717) is 29.6 Å². The zero-order valence-electron chi connectivity index (χ0n) is 21.7. The SMILES string of the molecule is CC(CCc1nc2ccccc2[nH]1)C1CCC2C3C(O)CC4CC(O)CCC4(C)C3CC(O)C12C. The smallest absolute Gasteiger partial charge is 0.107 e. The van der Waals surface area contributed by atoms with Gasteiger partial charge in [0.05, 0.1) is 29.3 Å². The molecule has 4 aliphatic rings. The molecule has 11 unspecified atom stereocenters. The fourth-order valence-corrected chi connectivity index (χ4v) is 9.82. The van der Waals surface area contributed by atoms with Gasteiger partial charge in [0.2, 0.25) is 0 Å². The Morgan fingerprint density at radius 3 is 2.63 bits per heavy atom. The molecule has 0 bridgehead atoms. The maximum Gasteiger partial charge on any atom is 0.107 e. The molecule has 1 aromatic heterocycles. The lowest BCUT2D eigenvalue weighted by molar-refractivity contribution is -0.207. The maximum atomic E-state index is 11.8. The number of aliphatic hydroxyl groups excluding tert-OH is 3. The van der Waals surface area contributed by atoms with Crippen molar-refractivity contribution < 1.29 is 15.3 Å². The number of aromatic amines is 1. The fourth-order valence-electron chi connectivity index (χ4n) is 9.82. The van der Waals surface area contributed by atoms with Crippen LogP contribution in [-0.4, -0.2) is 43.6 Å². The lowest BCUT2D eigenvalue weighted by Crippen LogP contribution is -2.62. The van der Waals surface area contributed by atoms with Crippen molar-refractivity contribution >= 4 is 11.0 Å². The normalized spacial score (nSPS) is 46.1. The minimum Gasteiger partial charge on any atom is -0.393 e. The minimum absolute atomic E-state index is 0.132. The van der Waals surface area contributed by atoms with Crippen LogP contribution < -0.4 is 0 Å². The Kier molecular flexibility index (Phi) is 5.86. The van der Waals surface area contributed by atoms with E-state index in [2.05, 4.69) is 37.9 Å². The number of benzene rings is 1. The zero-order valence-corrected chi connectivity index (χ0v) is 21.7. The van der Waals surface area contributed by atoms with Gasteiger partial charge in [-0.1, -0.05) is 32.9 Å². The van der Waals surface area contributed by atoms with E-state index in [9.17, 15) is 15.3 Å². The predicted molar refractivity (Wildman–Crippen MR) is 138 cm³/mol. The molecule has 4 N–H and O–H groups in total. The number of aryl methyl sites for hydroxylation is 1. The molecule has 2 aromatic rings. The van der Waals surface area contributed by atoms with Crippen molar-refractivity contribution in [2.45, 2.75) is 96.9 Å². The summed E-state index contributed by atoms with van der Waals surface area (Å²) in [5, 5.41) is 33.6. The second kappa shape index (κ2) is 8.56. The number of imidazole rings is 1. The van der Waals surface area contributed by atoms with Crippen LogP contribution in [0.15, 0.2) is 24.3 Å². The van der Waals surface area contributed by atoms with Gasteiger partial charge in [0.25, 0.3) is 0 Å². The van der Waals surface area contributed by atoms with Crippen LogP contribution in [0.3, 0.4) is 0 Å². The maximum absolute atomic E-state index is 11.8. The van der Waals surface area contributed by atoms with Gasteiger partial charge in [-0.2, -0.15) is 0 Å². The van der Waals surface area contributed by atoms with Crippen molar-refractivity contribution in [1.82, 2.24) is 9.97 Å². The molecule has 35 heavy (non-hydrogen) atoms. The molecule has 11 atom stereocenters. The first-order valence-electron chi connectivity index (χ1n) is 14.2. The molecule has 0 spiro atoms. The number of para-hydroxylation sites is 2. The number of fused-ring (bicyclic) bond motifs is 6. The van der Waals surface area contributed by atoms with Gasteiger partial charge in [0.1, 0.15) is 5.82 Å². The van der Waals surface area contributed by atoms with Crippen molar-refractivity contribution in [2.75, 3.05) is 0 Å². The number of hydrogen-bond acceptors (Lipinski definition) is 4. The van der Waals surface area contributed by atoms with E-state index < -0.39 is 0 Å². The van der Waals surface area contributed by atoms with E-state index in [1.807, 2.05) is 12.1 Å². The van der Waals surface area contributed by atoms with Gasteiger partial charge in [0.15, 0.2) is 0 Å². The molecule has 1 heterocycles. The van der Waals surface area contributed by atoms with E-state index in [1.54, 1.807) is 0 Å². The first kappa shape index (κ1) is 23.9. The molecule has 4 aliphatic carbocycles. The Morgan fingerprint density at radius 1 is 1.03 bits per heavy atom. The van der Waals surface area contributed by atoms with Crippen molar-refractivity contribution in [1.29, 1.82) is 0 Å². The summed E-state index contributed by atoms with van der Waals surface area (Å²) in [6.07, 6.45) is 7.77. The molecule has 0 saturated heterocycles. The van der Waals surface area contributed by atoms with Crippen LogP contribution >= 0.6 is 0 Å². The van der Waals surface area contributed by atoms with Gasteiger partial charge in [-0.25, -0.2) is 4.98 Å². The van der Waals surface area contributed by atoms with Crippen LogP contribution in [0.5, 0.6) is 0 Å². The van der Waals surface area contributed by atoms with Crippen LogP contribution in [0, 0.1) is 46.3 Å². The summed E-state index contributed by atoms with van der Waals surface area (Å²) in [5.74, 6) is 3.43. The number of aliphatic hydroxyl groups is 3. The Hall–Kier alpha value is -1.43. The second-order valence-electron chi connectivity index (χ2n) is 13.2. The second-order valence-corrected chi connectivity index (χ2v) is 13.2. The molecule has 1 aromatic carbocycles. The lowest BCUT2D eigenvalue weighted by atomic mass is 9.43. The van der Waals surface area contributed by atoms with E-state index in [4.69, 9.17) is 4.98 Å². The zero-order chi connectivity index (χ0) is 24.5. The molecule has 4 saturated carbocycles. The van der Waals surface area contributed by atoms with E-state index in [0.717, 1.165) is 74.6 Å². The molecule has 5 heteroatoms. The highest BCUT2D eigenvalue weighted by atomic mass is 16.3. The highest BCUT2D eigenvalue weighted by molar-refractivity contribution is 5.74. The Morgan fingerprint density at radius 2 is 1.83 bits per heavy atom. The van der Waals surface area contributed by atoms with Crippen molar-refractivity contribution in [3.8, 4) is 0 Å². The Balaban J connectivity index is 1.21. The molecular formula is C30H44N2O3. The van der Waals surface area contributed by atoms with E-state index in [-0.39, 0.29) is 35.1 Å². The molecular weight excluding hydrogens is 436 g/mol. The summed E-state index contributed by atoms with van der Waals surface area (Å²) in [6, 6.07) is 8.22. The van der Waals surface area contributed by atoms with Crippen molar-refractivity contribution in [3.63, 3.8) is 0 Å². The Bertz CT molecular complexity index is 1040. The number of nitrogens with zero attached hydrogens (tertiary/aromatic N) is 1. The summed E-state index contributed by atoms with van der Waals surface area (Å²) in [4.78, 5) is 8.27. The number of H-pyrrole nitrogens is 1. The molecule has 0 amide bonds. The molecule has 192 valence electrons. The number of rotatable bonds is 4. The van der Waals surface area contributed by atoms with E-state index >= 15 is 0 Å². The van der Waals surface area contributed by atoms with Gasteiger partial charge in [-0.15, -0.1) is 0 Å². The average molecular weight is 481 g/mol. The summed E-state index contributed by atoms with van der Waals surface area (Å²) < 4.78 is 0. The predicted octanol–water partition coefficient (Wildman–Crippen LogP) is 5.09. The molecule has 0 radical (unpaired) electrons. The van der Waals surface area contributed by atoms with Gasteiger partial charge in [-0.3, -0.25) is 0 Å². The summed E-state index contributed by atoms with van der Waals surface area (Å²) in [5.41, 5.74) is 2.14. The van der Waals surface area contributed by atoms with Crippen LogP contribution in [0.25, 0.3) is 11.0 Å². The molecule has 0 aliphatic heterocycles. The number of nitrogens with one attached hydrogen (secondary N) is 1. The third-order valence-electron chi connectivity index (χ3n) is 11.8. The number of aromatic nitrogens is 2. The first-order valence-corrected chi connectivity index (χ1v) is 14.2. The quantitative estimate of drug-likeness (QED) is 0.491. The lowest BCUT2D eigenvalue weighted by Gasteiger charge is -2.63. The first-order chi connectivity index (χ1) is 16.7.